The van der Waals surface area contributed by atoms with Crippen molar-refractivity contribution in [2.45, 2.75) is 264 Å². The van der Waals surface area contributed by atoms with Crippen LogP contribution in [-0.4, -0.2) is 66.5 Å². The minimum atomic E-state index is -4.76. The lowest BCUT2D eigenvalue weighted by Gasteiger charge is -2.21. The van der Waals surface area contributed by atoms with Crippen LogP contribution in [0.3, 0.4) is 0 Å². The first-order valence-corrected chi connectivity index (χ1v) is 30.3. The number of allylic oxidation sites excluding steroid dienone is 12. The van der Waals surface area contributed by atoms with Gasteiger partial charge < -0.3 is 24.2 Å². The molecule has 0 rings (SSSR count). The zero-order valence-electron chi connectivity index (χ0n) is 45.9. The number of carbonyl (C=O) groups is 3. The Bertz CT molecular complexity index is 1490. The summed E-state index contributed by atoms with van der Waals surface area (Å²) in [5, 5.41) is 9.82. The summed E-state index contributed by atoms with van der Waals surface area (Å²) in [7, 11) is -4.76. The molecule has 0 saturated carbocycles. The summed E-state index contributed by atoms with van der Waals surface area (Å²) in [5.74, 6) is -1.50. The van der Waals surface area contributed by atoms with Crippen LogP contribution in [-0.2, 0) is 42.2 Å². The summed E-state index contributed by atoms with van der Waals surface area (Å²) in [5.41, 5.74) is 0. The van der Waals surface area contributed by atoms with Gasteiger partial charge in [-0.1, -0.05) is 222 Å². The zero-order chi connectivity index (χ0) is 52.7. The first kappa shape index (κ1) is 68.9. The van der Waals surface area contributed by atoms with Crippen molar-refractivity contribution >= 4 is 25.7 Å². The van der Waals surface area contributed by atoms with E-state index in [0.29, 0.717) is 19.3 Å². The maximum atomic E-state index is 12.9. The van der Waals surface area contributed by atoms with E-state index in [-0.39, 0.29) is 25.9 Å². The Kier molecular flexibility index (Phi) is 51.9. The lowest BCUT2D eigenvalue weighted by atomic mass is 10.0. The smallest absolute Gasteiger partial charge is 0.462 e. The van der Waals surface area contributed by atoms with Gasteiger partial charge in [-0.15, -0.1) is 0 Å². The second-order valence-corrected chi connectivity index (χ2v) is 20.5. The third kappa shape index (κ3) is 51.8. The molecule has 0 spiro atoms. The van der Waals surface area contributed by atoms with E-state index in [0.717, 1.165) is 122 Å². The molecule has 0 saturated heterocycles. The largest absolute Gasteiger partial charge is 0.472 e. The monoisotopic (exact) mass is 1030 g/mol. The van der Waals surface area contributed by atoms with Crippen molar-refractivity contribution in [2.24, 2.45) is 0 Å². The number of unbranched alkanes of at least 4 members (excludes halogenated alkanes) is 24. The van der Waals surface area contributed by atoms with Gasteiger partial charge in [0.25, 0.3) is 0 Å². The summed E-state index contributed by atoms with van der Waals surface area (Å²) in [4.78, 5) is 48.5. The van der Waals surface area contributed by atoms with Crippen molar-refractivity contribution < 1.29 is 52.2 Å². The van der Waals surface area contributed by atoms with E-state index in [1.54, 1.807) is 0 Å². The Morgan fingerprint density at radius 2 is 0.722 bits per heavy atom. The van der Waals surface area contributed by atoms with E-state index in [2.05, 4.69) is 93.7 Å². The highest BCUT2D eigenvalue weighted by Crippen LogP contribution is 2.43. The van der Waals surface area contributed by atoms with Crippen LogP contribution in [0.25, 0.3) is 0 Å². The average Bonchev–Trinajstić information content (AvgIpc) is 3.37. The fourth-order valence-corrected chi connectivity index (χ4v) is 8.58. The van der Waals surface area contributed by atoms with Gasteiger partial charge >= 0.3 is 25.7 Å². The molecule has 11 nitrogen and oxygen atoms in total. The first-order valence-electron chi connectivity index (χ1n) is 28.8. The molecule has 2 N–H and O–H groups in total. The molecule has 0 bridgehead atoms. The van der Waals surface area contributed by atoms with E-state index in [9.17, 15) is 28.9 Å². The van der Waals surface area contributed by atoms with Crippen LogP contribution in [0, 0.1) is 0 Å². The number of phosphoric acid groups is 1. The molecule has 0 aromatic rings. The zero-order valence-corrected chi connectivity index (χ0v) is 46.8. The van der Waals surface area contributed by atoms with Crippen LogP contribution in [0.5, 0.6) is 0 Å². The fourth-order valence-electron chi connectivity index (χ4n) is 7.80. The fraction of sp³-hybridized carbons (Fsp3) is 0.750. The average molecular weight is 1030 g/mol. The van der Waals surface area contributed by atoms with Crippen LogP contribution in [0.15, 0.2) is 72.9 Å². The molecule has 0 fully saturated rings. The molecule has 3 atom stereocenters. The molecule has 0 aliphatic carbocycles. The van der Waals surface area contributed by atoms with Crippen molar-refractivity contribution in [1.29, 1.82) is 0 Å². The summed E-state index contributed by atoms with van der Waals surface area (Å²) in [6, 6.07) is 0. The number of ether oxygens (including phenoxy) is 3. The number of esters is 3. The molecule has 72 heavy (non-hydrogen) atoms. The highest BCUT2D eigenvalue weighted by Gasteiger charge is 2.28. The van der Waals surface area contributed by atoms with E-state index in [1.165, 1.54) is 70.6 Å². The molecule has 0 amide bonds. The van der Waals surface area contributed by atoms with Gasteiger partial charge in [-0.3, -0.25) is 23.4 Å². The highest BCUT2D eigenvalue weighted by atomic mass is 31.2. The van der Waals surface area contributed by atoms with Crippen LogP contribution >= 0.6 is 7.82 Å². The Hall–Kier alpha value is -3.08. The van der Waals surface area contributed by atoms with Crippen molar-refractivity contribution in [3.63, 3.8) is 0 Å². The summed E-state index contributed by atoms with van der Waals surface area (Å²) >= 11 is 0. The van der Waals surface area contributed by atoms with E-state index >= 15 is 0 Å². The van der Waals surface area contributed by atoms with Crippen molar-refractivity contribution in [3.05, 3.63) is 72.9 Å². The molecule has 0 aromatic carbocycles. The molecule has 0 aliphatic heterocycles. The van der Waals surface area contributed by atoms with Crippen LogP contribution in [0.2, 0.25) is 0 Å². The lowest BCUT2D eigenvalue weighted by molar-refractivity contribution is -0.161. The van der Waals surface area contributed by atoms with Gasteiger partial charge in [0, 0.05) is 19.3 Å². The minimum absolute atomic E-state index is 0.143. The number of aliphatic hydroxyl groups excluding tert-OH is 1. The standard InChI is InChI=1S/C60H105O11P/c1-4-7-10-13-16-19-22-25-28-31-34-37-40-43-46-49-58(62)67-53-57(71-60(64)51-48-45-42-39-36-33-30-27-24-21-18-15-12-9-6-3)55-69-72(65,66)68-54-56(52-61)70-59(63)50-47-44-41-38-35-32-29-26-23-20-17-14-11-8-5-2/h7,9-10,12,16,18-19,21,25,27-28,30,56-57,61H,4-6,8,11,13-15,17,20,22-24,26,29,31-55H2,1-3H3,(H,65,66)/b10-7-,12-9-,19-16-,21-18-,28-25-,30-27-. The summed E-state index contributed by atoms with van der Waals surface area (Å²) in [6.07, 6.45) is 60.0. The van der Waals surface area contributed by atoms with E-state index < -0.39 is 57.8 Å². The van der Waals surface area contributed by atoms with Crippen molar-refractivity contribution in [2.75, 3.05) is 26.4 Å². The highest BCUT2D eigenvalue weighted by molar-refractivity contribution is 7.47. The third-order valence-electron chi connectivity index (χ3n) is 12.1. The summed E-state index contributed by atoms with van der Waals surface area (Å²) < 4.78 is 39.5. The number of phosphoric ester groups is 1. The minimum Gasteiger partial charge on any atom is -0.462 e. The number of carbonyl (C=O) groups excluding carboxylic acids is 3. The Morgan fingerprint density at radius 3 is 1.11 bits per heavy atom. The quantitative estimate of drug-likeness (QED) is 0.0197. The molecular formula is C60H105O11P. The molecule has 3 unspecified atom stereocenters. The van der Waals surface area contributed by atoms with Gasteiger partial charge in [-0.25, -0.2) is 4.57 Å². The van der Waals surface area contributed by atoms with E-state index in [1.807, 2.05) is 0 Å². The third-order valence-corrected chi connectivity index (χ3v) is 13.1. The van der Waals surface area contributed by atoms with Gasteiger partial charge in [0.2, 0.25) is 0 Å². The topological polar surface area (TPSA) is 155 Å². The maximum Gasteiger partial charge on any atom is 0.472 e. The summed E-state index contributed by atoms with van der Waals surface area (Å²) in [6.45, 7) is 4.40. The molecule has 0 radical (unpaired) electrons. The van der Waals surface area contributed by atoms with Crippen LogP contribution in [0.4, 0.5) is 0 Å². The molecular weight excluding hydrogens is 928 g/mol. The predicted molar refractivity (Wildman–Crippen MR) is 298 cm³/mol. The van der Waals surface area contributed by atoms with Gasteiger partial charge in [0.05, 0.1) is 19.8 Å². The number of rotatable bonds is 53. The lowest BCUT2D eigenvalue weighted by Crippen LogP contribution is -2.30. The first-order chi connectivity index (χ1) is 35.2. The van der Waals surface area contributed by atoms with Crippen LogP contribution in [0.1, 0.15) is 252 Å². The molecule has 0 aromatic heterocycles. The normalized spacial score (nSPS) is 13.9. The Balaban J connectivity index is 4.74. The predicted octanol–water partition coefficient (Wildman–Crippen LogP) is 16.9. The number of hydrogen-bond acceptors (Lipinski definition) is 10. The Morgan fingerprint density at radius 1 is 0.403 bits per heavy atom. The van der Waals surface area contributed by atoms with E-state index in [4.69, 9.17) is 23.3 Å². The molecule has 0 heterocycles. The number of hydrogen-bond donors (Lipinski definition) is 2. The maximum absolute atomic E-state index is 12.9. The Labute approximate surface area is 439 Å². The second kappa shape index (κ2) is 54.2. The van der Waals surface area contributed by atoms with Gasteiger partial charge in [0.1, 0.15) is 12.7 Å². The van der Waals surface area contributed by atoms with Gasteiger partial charge in [-0.05, 0) is 83.5 Å². The van der Waals surface area contributed by atoms with Crippen molar-refractivity contribution in [1.82, 2.24) is 0 Å². The SMILES string of the molecule is CC/C=C\C/C=C\C/C=C\CCCCCCCC(=O)OCC(COP(=O)(O)OCC(CO)OC(=O)CCCCCCCCCCCCCCCCC)OC(=O)CCCCCCC/C=C\C/C=C\C/C=C\CC. The van der Waals surface area contributed by atoms with Crippen molar-refractivity contribution in [3.8, 4) is 0 Å². The number of aliphatic hydroxyl groups is 1. The molecule has 12 heteroatoms. The van der Waals surface area contributed by atoms with Gasteiger partial charge in [-0.2, -0.15) is 0 Å². The second-order valence-electron chi connectivity index (χ2n) is 19.0. The van der Waals surface area contributed by atoms with Gasteiger partial charge in [0.15, 0.2) is 6.10 Å². The molecule has 416 valence electrons. The van der Waals surface area contributed by atoms with Crippen LogP contribution < -0.4 is 0 Å². The molecule has 0 aliphatic rings.